The van der Waals surface area contributed by atoms with Gasteiger partial charge in [0.25, 0.3) is 0 Å². The molecule has 2 rings (SSSR count). The Bertz CT molecular complexity index is 429. The predicted octanol–water partition coefficient (Wildman–Crippen LogP) is 1.46. The zero-order chi connectivity index (χ0) is 8.72. The molecule has 0 aliphatic rings. The van der Waals surface area contributed by atoms with Crippen molar-refractivity contribution < 1.29 is 0 Å². The first-order chi connectivity index (χ1) is 5.70. The molecule has 0 bridgehead atoms. The number of aromatic nitrogens is 2. The molecule has 1 aromatic carbocycles. The van der Waals surface area contributed by atoms with Crippen LogP contribution in [-0.4, -0.2) is 9.78 Å². The monoisotopic (exact) mass is 161 g/mol. The second-order valence-electron chi connectivity index (χ2n) is 2.95. The van der Waals surface area contributed by atoms with Crippen LogP contribution in [0.15, 0.2) is 18.2 Å². The number of nitrogens with two attached hydrogens (primary N) is 1. The molecule has 0 radical (unpaired) electrons. The first kappa shape index (κ1) is 7.16. The fraction of sp³-hybridized carbons (Fsp3) is 0.222. The van der Waals surface area contributed by atoms with Gasteiger partial charge in [0.05, 0.1) is 5.69 Å². The van der Waals surface area contributed by atoms with Crippen molar-refractivity contribution >= 4 is 16.6 Å². The second-order valence-corrected chi connectivity index (χ2v) is 2.95. The lowest BCUT2D eigenvalue weighted by atomic mass is 10.2. The van der Waals surface area contributed by atoms with Crippen molar-refractivity contribution in [1.29, 1.82) is 0 Å². The molecule has 0 spiro atoms. The molecule has 0 amide bonds. The molecule has 62 valence electrons. The van der Waals surface area contributed by atoms with Crippen molar-refractivity contribution in [2.45, 2.75) is 6.92 Å². The highest BCUT2D eigenvalue weighted by Gasteiger charge is 2.05. The highest BCUT2D eigenvalue weighted by Crippen LogP contribution is 2.21. The highest BCUT2D eigenvalue weighted by atomic mass is 15.3. The Morgan fingerprint density at radius 1 is 1.42 bits per heavy atom. The molecule has 1 heterocycles. The number of benzene rings is 1. The predicted molar refractivity (Wildman–Crippen MR) is 49.9 cm³/mol. The number of anilines is 1. The number of nitrogens with zero attached hydrogens (tertiary/aromatic N) is 2. The molecule has 0 aliphatic heterocycles. The summed E-state index contributed by atoms with van der Waals surface area (Å²) in [6.07, 6.45) is 0. The summed E-state index contributed by atoms with van der Waals surface area (Å²) >= 11 is 0. The Kier molecular flexibility index (Phi) is 1.33. The van der Waals surface area contributed by atoms with Crippen LogP contribution in [-0.2, 0) is 7.05 Å². The van der Waals surface area contributed by atoms with Crippen molar-refractivity contribution in [2.24, 2.45) is 7.05 Å². The summed E-state index contributed by atoms with van der Waals surface area (Å²) in [5.41, 5.74) is 8.56. The first-order valence-corrected chi connectivity index (χ1v) is 3.88. The lowest BCUT2D eigenvalue weighted by molar-refractivity contribution is 0.751. The van der Waals surface area contributed by atoms with E-state index in [1.54, 1.807) is 0 Å². The van der Waals surface area contributed by atoms with Crippen LogP contribution >= 0.6 is 0 Å². The number of fused-ring (bicyclic) bond motifs is 1. The van der Waals surface area contributed by atoms with Crippen LogP contribution in [0, 0.1) is 6.92 Å². The van der Waals surface area contributed by atoms with Gasteiger partial charge in [-0.25, -0.2) is 0 Å². The Hall–Kier alpha value is -1.51. The molecule has 1 aromatic heterocycles. The minimum atomic E-state index is 0.746. The minimum absolute atomic E-state index is 0.746. The van der Waals surface area contributed by atoms with E-state index in [4.69, 9.17) is 5.73 Å². The second kappa shape index (κ2) is 2.24. The molecule has 3 nitrogen and oxygen atoms in total. The Balaban J connectivity index is 2.95. The van der Waals surface area contributed by atoms with E-state index in [9.17, 15) is 0 Å². The van der Waals surface area contributed by atoms with Crippen LogP contribution in [0.2, 0.25) is 0 Å². The van der Waals surface area contributed by atoms with Crippen LogP contribution in [0.1, 0.15) is 5.69 Å². The Morgan fingerprint density at radius 3 is 2.83 bits per heavy atom. The molecule has 0 aliphatic carbocycles. The number of aryl methyl sites for hydroxylation is 2. The van der Waals surface area contributed by atoms with Gasteiger partial charge in [-0.05, 0) is 13.0 Å². The maximum absolute atomic E-state index is 5.76. The first-order valence-electron chi connectivity index (χ1n) is 3.88. The molecule has 12 heavy (non-hydrogen) atoms. The van der Waals surface area contributed by atoms with E-state index in [0.717, 1.165) is 22.3 Å². The van der Waals surface area contributed by atoms with Gasteiger partial charge in [0.1, 0.15) is 5.52 Å². The molecule has 0 saturated heterocycles. The summed E-state index contributed by atoms with van der Waals surface area (Å²) in [7, 11) is 1.93. The standard InChI is InChI=1S/C9H11N3/c1-6-7-4-3-5-8(10)9(7)11-12(6)2/h3-5H,10H2,1-2H3. The van der Waals surface area contributed by atoms with Gasteiger partial charge < -0.3 is 5.73 Å². The van der Waals surface area contributed by atoms with Gasteiger partial charge in [-0.2, -0.15) is 5.10 Å². The van der Waals surface area contributed by atoms with Gasteiger partial charge in [-0.3, -0.25) is 4.68 Å². The van der Waals surface area contributed by atoms with Gasteiger partial charge >= 0.3 is 0 Å². The van der Waals surface area contributed by atoms with Crippen molar-refractivity contribution in [3.05, 3.63) is 23.9 Å². The van der Waals surface area contributed by atoms with Gasteiger partial charge in [0, 0.05) is 18.1 Å². The summed E-state index contributed by atoms with van der Waals surface area (Å²) in [4.78, 5) is 0. The average Bonchev–Trinajstić information content (AvgIpc) is 2.32. The smallest absolute Gasteiger partial charge is 0.115 e. The van der Waals surface area contributed by atoms with Gasteiger partial charge in [0.2, 0.25) is 0 Å². The average molecular weight is 161 g/mol. The molecule has 2 aromatic rings. The molecule has 0 fully saturated rings. The summed E-state index contributed by atoms with van der Waals surface area (Å²) < 4.78 is 1.85. The fourth-order valence-electron chi connectivity index (χ4n) is 1.36. The third-order valence-corrected chi connectivity index (χ3v) is 2.19. The van der Waals surface area contributed by atoms with Crippen LogP contribution in [0.25, 0.3) is 10.9 Å². The van der Waals surface area contributed by atoms with Crippen LogP contribution < -0.4 is 5.73 Å². The van der Waals surface area contributed by atoms with Crippen molar-refractivity contribution in [1.82, 2.24) is 9.78 Å². The van der Waals surface area contributed by atoms with Gasteiger partial charge in [-0.1, -0.05) is 12.1 Å². The Morgan fingerprint density at radius 2 is 2.17 bits per heavy atom. The third-order valence-electron chi connectivity index (χ3n) is 2.19. The highest BCUT2D eigenvalue weighted by molar-refractivity contribution is 5.90. The fourth-order valence-corrected chi connectivity index (χ4v) is 1.36. The zero-order valence-corrected chi connectivity index (χ0v) is 7.20. The van der Waals surface area contributed by atoms with E-state index < -0.39 is 0 Å². The Labute approximate surface area is 70.8 Å². The topological polar surface area (TPSA) is 43.8 Å². The van der Waals surface area contributed by atoms with E-state index >= 15 is 0 Å². The number of hydrogen-bond donors (Lipinski definition) is 1. The maximum Gasteiger partial charge on any atom is 0.115 e. The van der Waals surface area contributed by atoms with Crippen LogP contribution in [0.5, 0.6) is 0 Å². The summed E-state index contributed by atoms with van der Waals surface area (Å²) in [5, 5.41) is 5.44. The lowest BCUT2D eigenvalue weighted by Crippen LogP contribution is -1.92. The van der Waals surface area contributed by atoms with Gasteiger partial charge in [-0.15, -0.1) is 0 Å². The summed E-state index contributed by atoms with van der Waals surface area (Å²) in [6.45, 7) is 2.04. The van der Waals surface area contributed by atoms with Crippen LogP contribution in [0.3, 0.4) is 0 Å². The molecular formula is C9H11N3. The molecule has 0 atom stereocenters. The SMILES string of the molecule is Cc1c2cccc(N)c2nn1C. The summed E-state index contributed by atoms with van der Waals surface area (Å²) in [5.74, 6) is 0. The third kappa shape index (κ3) is 0.794. The molecule has 0 unspecified atom stereocenters. The quantitative estimate of drug-likeness (QED) is 0.594. The van der Waals surface area contributed by atoms with E-state index in [1.807, 2.05) is 36.9 Å². The number of nitrogen functional groups attached to an aromatic ring is 1. The van der Waals surface area contributed by atoms with Crippen molar-refractivity contribution in [3.8, 4) is 0 Å². The van der Waals surface area contributed by atoms with E-state index in [-0.39, 0.29) is 0 Å². The maximum atomic E-state index is 5.76. The molecular weight excluding hydrogens is 150 g/mol. The van der Waals surface area contributed by atoms with Crippen molar-refractivity contribution in [3.63, 3.8) is 0 Å². The normalized spacial score (nSPS) is 10.8. The van der Waals surface area contributed by atoms with Crippen LogP contribution in [0.4, 0.5) is 5.69 Å². The zero-order valence-electron chi connectivity index (χ0n) is 7.20. The minimum Gasteiger partial charge on any atom is -0.397 e. The summed E-state index contributed by atoms with van der Waals surface area (Å²) in [6, 6.07) is 5.86. The number of rotatable bonds is 0. The van der Waals surface area contributed by atoms with E-state index in [2.05, 4.69) is 5.10 Å². The lowest BCUT2D eigenvalue weighted by Gasteiger charge is -1.92. The number of hydrogen-bond acceptors (Lipinski definition) is 2. The van der Waals surface area contributed by atoms with E-state index in [1.165, 1.54) is 0 Å². The largest absolute Gasteiger partial charge is 0.397 e. The molecule has 2 N–H and O–H groups in total. The van der Waals surface area contributed by atoms with Crippen molar-refractivity contribution in [2.75, 3.05) is 5.73 Å². The van der Waals surface area contributed by atoms with Gasteiger partial charge in [0.15, 0.2) is 0 Å². The molecule has 0 saturated carbocycles. The van der Waals surface area contributed by atoms with E-state index in [0.29, 0.717) is 0 Å². The molecule has 3 heteroatoms.